The number of fused-ring (bicyclic) bond motifs is 1. The van der Waals surface area contributed by atoms with E-state index in [1.807, 2.05) is 36.5 Å². The van der Waals surface area contributed by atoms with Crippen LogP contribution in [0.3, 0.4) is 0 Å². The Morgan fingerprint density at radius 3 is 2.87 bits per heavy atom. The molecule has 0 atom stereocenters. The van der Waals surface area contributed by atoms with Gasteiger partial charge in [-0.25, -0.2) is 4.98 Å². The summed E-state index contributed by atoms with van der Waals surface area (Å²) in [7, 11) is 0. The summed E-state index contributed by atoms with van der Waals surface area (Å²) in [4.78, 5) is 7.45. The number of aromatic amines is 1. The highest BCUT2D eigenvalue weighted by molar-refractivity contribution is 5.92. The van der Waals surface area contributed by atoms with Gasteiger partial charge in [0.2, 0.25) is 0 Å². The largest absolute Gasteiger partial charge is 0.380 e. The van der Waals surface area contributed by atoms with E-state index in [0.717, 1.165) is 29.2 Å². The summed E-state index contributed by atoms with van der Waals surface area (Å²) in [5.74, 6) is 6.30. The second-order valence-electron chi connectivity index (χ2n) is 5.37. The molecule has 0 spiro atoms. The van der Waals surface area contributed by atoms with Crippen LogP contribution in [-0.4, -0.2) is 16.5 Å². The van der Waals surface area contributed by atoms with E-state index in [1.165, 1.54) is 11.1 Å². The number of hydrogen-bond donors (Lipinski definition) is 2. The Morgan fingerprint density at radius 2 is 2.04 bits per heavy atom. The Bertz CT molecular complexity index is 911. The van der Waals surface area contributed by atoms with Crippen LogP contribution in [0.1, 0.15) is 22.5 Å². The van der Waals surface area contributed by atoms with Crippen LogP contribution in [0.15, 0.2) is 60.9 Å². The molecule has 3 aromatic rings. The SMILES string of the molecule is C(#Cc1ccccn1)c1ccc2c(c1)/C(=C/c1ccc[nH]1)CN2. The first kappa shape index (κ1) is 13.4. The van der Waals surface area contributed by atoms with E-state index >= 15 is 0 Å². The van der Waals surface area contributed by atoms with Crippen LogP contribution >= 0.6 is 0 Å². The molecule has 4 rings (SSSR count). The second-order valence-corrected chi connectivity index (χ2v) is 5.37. The fourth-order valence-corrected chi connectivity index (χ4v) is 2.65. The molecule has 1 aromatic carbocycles. The smallest absolute Gasteiger partial charge is 0.113 e. The number of aromatic nitrogens is 2. The fraction of sp³-hybridized carbons (Fsp3) is 0.0500. The van der Waals surface area contributed by atoms with Gasteiger partial charge in [0.15, 0.2) is 0 Å². The molecule has 3 heteroatoms. The molecule has 3 nitrogen and oxygen atoms in total. The minimum Gasteiger partial charge on any atom is -0.380 e. The molecule has 1 aliphatic rings. The lowest BCUT2D eigenvalue weighted by Crippen LogP contribution is -1.91. The number of H-pyrrole nitrogens is 1. The van der Waals surface area contributed by atoms with Crippen molar-refractivity contribution in [2.75, 3.05) is 11.9 Å². The van der Waals surface area contributed by atoms with E-state index in [-0.39, 0.29) is 0 Å². The summed E-state index contributed by atoms with van der Waals surface area (Å²) in [6.45, 7) is 0.839. The van der Waals surface area contributed by atoms with Gasteiger partial charge < -0.3 is 10.3 Å². The van der Waals surface area contributed by atoms with Crippen molar-refractivity contribution in [1.82, 2.24) is 9.97 Å². The maximum Gasteiger partial charge on any atom is 0.113 e. The summed E-state index contributed by atoms with van der Waals surface area (Å²) in [5.41, 5.74) is 6.53. The van der Waals surface area contributed by atoms with Crippen LogP contribution in [-0.2, 0) is 0 Å². The minimum atomic E-state index is 0.785. The predicted molar refractivity (Wildman–Crippen MR) is 93.8 cm³/mol. The molecule has 23 heavy (non-hydrogen) atoms. The molecular weight excluding hydrogens is 282 g/mol. The monoisotopic (exact) mass is 297 g/mol. The molecule has 0 aliphatic carbocycles. The summed E-state index contributed by atoms with van der Waals surface area (Å²) in [5, 5.41) is 3.42. The zero-order chi connectivity index (χ0) is 15.5. The summed E-state index contributed by atoms with van der Waals surface area (Å²) >= 11 is 0. The van der Waals surface area contributed by atoms with Gasteiger partial charge in [0.05, 0.1) is 0 Å². The first-order chi connectivity index (χ1) is 11.4. The molecule has 2 aromatic heterocycles. The highest BCUT2D eigenvalue weighted by atomic mass is 14.9. The predicted octanol–water partition coefficient (Wildman–Crippen LogP) is 3.78. The first-order valence-electron chi connectivity index (χ1n) is 7.54. The number of nitrogens with one attached hydrogen (secondary N) is 2. The number of rotatable bonds is 1. The van der Waals surface area contributed by atoms with Crippen molar-refractivity contribution in [3.63, 3.8) is 0 Å². The number of benzene rings is 1. The molecule has 0 fully saturated rings. The molecule has 0 unspecified atom stereocenters. The normalized spacial score (nSPS) is 14.0. The van der Waals surface area contributed by atoms with Crippen LogP contribution in [0, 0.1) is 11.8 Å². The molecule has 0 saturated carbocycles. The van der Waals surface area contributed by atoms with Gasteiger partial charge in [-0.15, -0.1) is 0 Å². The van der Waals surface area contributed by atoms with Crippen molar-refractivity contribution in [2.24, 2.45) is 0 Å². The molecule has 0 amide bonds. The number of pyridine rings is 1. The summed E-state index contributed by atoms with van der Waals surface area (Å²) < 4.78 is 0. The second kappa shape index (κ2) is 5.86. The minimum absolute atomic E-state index is 0.785. The van der Waals surface area contributed by atoms with Gasteiger partial charge in [-0.1, -0.05) is 12.0 Å². The number of nitrogens with zero attached hydrogens (tertiary/aromatic N) is 1. The molecule has 1 aliphatic heterocycles. The third kappa shape index (κ3) is 2.88. The van der Waals surface area contributed by atoms with Gasteiger partial charge in [0, 0.05) is 41.4 Å². The van der Waals surface area contributed by atoms with Gasteiger partial charge in [0.1, 0.15) is 5.69 Å². The zero-order valence-corrected chi connectivity index (χ0v) is 12.5. The summed E-state index contributed by atoms with van der Waals surface area (Å²) in [6.07, 6.45) is 5.87. The average Bonchev–Trinajstić information content (AvgIpc) is 3.24. The third-order valence-corrected chi connectivity index (χ3v) is 3.79. The highest BCUT2D eigenvalue weighted by Crippen LogP contribution is 2.32. The molecule has 0 radical (unpaired) electrons. The molecule has 0 bridgehead atoms. The first-order valence-corrected chi connectivity index (χ1v) is 7.54. The van der Waals surface area contributed by atoms with E-state index in [0.29, 0.717) is 0 Å². The van der Waals surface area contributed by atoms with Crippen LogP contribution < -0.4 is 5.32 Å². The number of anilines is 1. The molecule has 0 saturated heterocycles. The third-order valence-electron chi connectivity index (χ3n) is 3.79. The van der Waals surface area contributed by atoms with Gasteiger partial charge in [-0.05, 0) is 60.0 Å². The van der Waals surface area contributed by atoms with Crippen molar-refractivity contribution >= 4 is 17.3 Å². The van der Waals surface area contributed by atoms with Crippen LogP contribution in [0.2, 0.25) is 0 Å². The van der Waals surface area contributed by atoms with Gasteiger partial charge >= 0.3 is 0 Å². The Labute approximate surface area is 135 Å². The maximum absolute atomic E-state index is 4.23. The van der Waals surface area contributed by atoms with Crippen molar-refractivity contribution in [3.8, 4) is 11.8 Å². The van der Waals surface area contributed by atoms with Crippen LogP contribution in [0.5, 0.6) is 0 Å². The lowest BCUT2D eigenvalue weighted by molar-refractivity contribution is 1.29. The standard InChI is InChI=1S/C20H15N3/c1-2-10-21-17(4-1)8-6-15-7-9-20-19(12-15)16(14-23-20)13-18-5-3-11-22-18/h1-5,7,9-13,22-23H,14H2/b16-13+. The molecule has 2 N–H and O–H groups in total. The molecule has 3 heterocycles. The maximum atomic E-state index is 4.23. The average molecular weight is 297 g/mol. The van der Waals surface area contributed by atoms with E-state index < -0.39 is 0 Å². The van der Waals surface area contributed by atoms with Gasteiger partial charge in [0.25, 0.3) is 0 Å². The van der Waals surface area contributed by atoms with Gasteiger partial charge in [-0.2, -0.15) is 0 Å². The lowest BCUT2D eigenvalue weighted by atomic mass is 10.0. The summed E-state index contributed by atoms with van der Waals surface area (Å²) in [6, 6.07) is 16.1. The van der Waals surface area contributed by atoms with Crippen molar-refractivity contribution in [2.45, 2.75) is 0 Å². The Balaban J connectivity index is 1.67. The Morgan fingerprint density at radius 1 is 1.04 bits per heavy atom. The Hall–Kier alpha value is -3.25. The molecule has 110 valence electrons. The van der Waals surface area contributed by atoms with Crippen molar-refractivity contribution in [1.29, 1.82) is 0 Å². The van der Waals surface area contributed by atoms with E-state index in [1.54, 1.807) is 6.20 Å². The lowest BCUT2D eigenvalue weighted by Gasteiger charge is -2.00. The highest BCUT2D eigenvalue weighted by Gasteiger charge is 2.15. The van der Waals surface area contributed by atoms with E-state index in [2.05, 4.69) is 51.4 Å². The van der Waals surface area contributed by atoms with E-state index in [4.69, 9.17) is 0 Å². The van der Waals surface area contributed by atoms with Crippen molar-refractivity contribution in [3.05, 3.63) is 83.4 Å². The fourth-order valence-electron chi connectivity index (χ4n) is 2.65. The quantitative estimate of drug-likeness (QED) is 0.671. The number of hydrogen-bond acceptors (Lipinski definition) is 2. The van der Waals surface area contributed by atoms with Crippen LogP contribution in [0.4, 0.5) is 5.69 Å². The van der Waals surface area contributed by atoms with Crippen molar-refractivity contribution < 1.29 is 0 Å². The van der Waals surface area contributed by atoms with E-state index in [9.17, 15) is 0 Å². The Kier molecular flexibility index (Phi) is 3.42. The molecular formula is C20H15N3. The van der Waals surface area contributed by atoms with Gasteiger partial charge in [-0.3, -0.25) is 0 Å². The van der Waals surface area contributed by atoms with Crippen LogP contribution in [0.25, 0.3) is 11.6 Å². The topological polar surface area (TPSA) is 40.7 Å². The zero-order valence-electron chi connectivity index (χ0n) is 12.5.